The van der Waals surface area contributed by atoms with Crippen LogP contribution in [0.2, 0.25) is 5.02 Å². The third-order valence-electron chi connectivity index (χ3n) is 4.60. The summed E-state index contributed by atoms with van der Waals surface area (Å²) in [6, 6.07) is 15.9. The molecule has 1 amide bonds. The average Bonchev–Trinajstić information content (AvgIpc) is 3.10. The van der Waals surface area contributed by atoms with Crippen LogP contribution >= 0.6 is 34.7 Å². The maximum atomic E-state index is 12.5. The highest BCUT2D eigenvalue weighted by Gasteiger charge is 2.21. The van der Waals surface area contributed by atoms with Crippen molar-refractivity contribution in [3.63, 3.8) is 0 Å². The minimum Gasteiger partial charge on any atom is -0.339 e. The Bertz CT molecular complexity index is 887. The van der Waals surface area contributed by atoms with Crippen molar-refractivity contribution in [3.8, 4) is 0 Å². The van der Waals surface area contributed by atoms with Crippen LogP contribution < -0.4 is 0 Å². The van der Waals surface area contributed by atoms with Crippen molar-refractivity contribution in [1.82, 2.24) is 14.8 Å². The normalized spacial score (nSPS) is 15.4. The van der Waals surface area contributed by atoms with Crippen molar-refractivity contribution in [2.45, 2.75) is 11.4 Å². The lowest BCUT2D eigenvalue weighted by Gasteiger charge is -2.34. The number of nitrogens with zero attached hydrogens (tertiary/aromatic N) is 3. The minimum absolute atomic E-state index is 0.203. The zero-order chi connectivity index (χ0) is 18.6. The summed E-state index contributed by atoms with van der Waals surface area (Å²) in [4.78, 5) is 22.6. The van der Waals surface area contributed by atoms with Gasteiger partial charge in [-0.15, -0.1) is 23.1 Å². The summed E-state index contributed by atoms with van der Waals surface area (Å²) in [6.45, 7) is 4.22. The van der Waals surface area contributed by atoms with E-state index in [1.165, 1.54) is 4.70 Å². The Kier molecular flexibility index (Phi) is 5.98. The molecule has 1 aliphatic heterocycles. The summed E-state index contributed by atoms with van der Waals surface area (Å²) >= 11 is 9.22. The topological polar surface area (TPSA) is 36.4 Å². The van der Waals surface area contributed by atoms with Crippen LogP contribution in [0.1, 0.15) is 5.01 Å². The molecule has 0 aliphatic carbocycles. The summed E-state index contributed by atoms with van der Waals surface area (Å²) in [6.07, 6.45) is 0. The molecular weight excluding hydrogens is 398 g/mol. The number of benzene rings is 2. The van der Waals surface area contributed by atoms with Crippen molar-refractivity contribution in [3.05, 3.63) is 58.6 Å². The molecule has 2 aromatic carbocycles. The lowest BCUT2D eigenvalue weighted by Crippen LogP contribution is -2.48. The van der Waals surface area contributed by atoms with E-state index in [4.69, 9.17) is 16.6 Å². The van der Waals surface area contributed by atoms with Crippen molar-refractivity contribution in [1.29, 1.82) is 0 Å². The number of fused-ring (bicyclic) bond motifs is 1. The van der Waals surface area contributed by atoms with Crippen molar-refractivity contribution >= 4 is 50.8 Å². The SMILES string of the molecule is O=C(CSc1ccc(Cl)cc1)N1CCN(Cc2nc3ccccc3s2)CC1. The fourth-order valence-corrected chi connectivity index (χ4v) is 5.04. The molecule has 0 spiro atoms. The smallest absolute Gasteiger partial charge is 0.233 e. The predicted molar refractivity (Wildman–Crippen MR) is 114 cm³/mol. The molecule has 2 heterocycles. The molecule has 1 fully saturated rings. The lowest BCUT2D eigenvalue weighted by molar-refractivity contribution is -0.130. The van der Waals surface area contributed by atoms with Crippen LogP contribution in [0.15, 0.2) is 53.4 Å². The molecule has 3 aromatic rings. The number of hydrogen-bond acceptors (Lipinski definition) is 5. The molecule has 1 aromatic heterocycles. The number of hydrogen-bond donors (Lipinski definition) is 0. The van der Waals surface area contributed by atoms with Gasteiger partial charge in [-0.2, -0.15) is 0 Å². The quantitative estimate of drug-likeness (QED) is 0.577. The Balaban J connectivity index is 1.25. The highest BCUT2D eigenvalue weighted by atomic mass is 35.5. The van der Waals surface area contributed by atoms with Gasteiger partial charge in [0.05, 0.1) is 22.5 Å². The minimum atomic E-state index is 0.203. The maximum absolute atomic E-state index is 12.5. The fraction of sp³-hybridized carbons (Fsp3) is 0.300. The standard InChI is InChI=1S/C20H20ClN3OS2/c21-15-5-7-16(8-6-15)26-14-20(25)24-11-9-23(10-12-24)13-19-22-17-3-1-2-4-18(17)27-19/h1-8H,9-14H2. The average molecular weight is 418 g/mol. The number of halogens is 1. The summed E-state index contributed by atoms with van der Waals surface area (Å²) < 4.78 is 1.24. The van der Waals surface area contributed by atoms with Gasteiger partial charge in [-0.3, -0.25) is 9.69 Å². The number of thioether (sulfide) groups is 1. The molecule has 1 saturated heterocycles. The van der Waals surface area contributed by atoms with Gasteiger partial charge in [-0.05, 0) is 36.4 Å². The number of para-hydroxylation sites is 1. The second-order valence-corrected chi connectivity index (χ2v) is 9.08. The Hall–Kier alpha value is -1.60. The third-order valence-corrected chi connectivity index (χ3v) is 6.87. The second kappa shape index (κ2) is 8.61. The van der Waals surface area contributed by atoms with E-state index >= 15 is 0 Å². The number of aromatic nitrogens is 1. The second-order valence-electron chi connectivity index (χ2n) is 6.47. The fourth-order valence-electron chi connectivity index (χ4n) is 3.10. The number of piperazine rings is 1. The first-order valence-corrected chi connectivity index (χ1v) is 11.1. The Morgan fingerprint density at radius 3 is 2.56 bits per heavy atom. The number of thiazole rings is 1. The van der Waals surface area contributed by atoms with Gasteiger partial charge in [-0.1, -0.05) is 23.7 Å². The van der Waals surface area contributed by atoms with E-state index in [1.54, 1.807) is 23.1 Å². The zero-order valence-electron chi connectivity index (χ0n) is 14.8. The van der Waals surface area contributed by atoms with Gasteiger partial charge in [0.1, 0.15) is 5.01 Å². The number of carbonyl (C=O) groups excluding carboxylic acids is 1. The van der Waals surface area contributed by atoms with E-state index in [-0.39, 0.29) is 5.91 Å². The van der Waals surface area contributed by atoms with Gasteiger partial charge in [-0.25, -0.2) is 4.98 Å². The third kappa shape index (κ3) is 4.82. The van der Waals surface area contributed by atoms with E-state index in [1.807, 2.05) is 35.2 Å². The van der Waals surface area contributed by atoms with Gasteiger partial charge in [0.15, 0.2) is 0 Å². The van der Waals surface area contributed by atoms with Gasteiger partial charge < -0.3 is 4.90 Å². The molecule has 140 valence electrons. The number of rotatable bonds is 5. The first kappa shape index (κ1) is 18.7. The predicted octanol–water partition coefficient (Wildman–Crippen LogP) is 4.39. The van der Waals surface area contributed by atoms with Crippen molar-refractivity contribution in [2.24, 2.45) is 0 Å². The molecule has 4 rings (SSSR count). The number of carbonyl (C=O) groups is 1. The van der Waals surface area contributed by atoms with Crippen LogP contribution in [0, 0.1) is 0 Å². The van der Waals surface area contributed by atoms with E-state index in [0.717, 1.165) is 53.2 Å². The molecule has 0 N–H and O–H groups in total. The summed E-state index contributed by atoms with van der Waals surface area (Å²) in [7, 11) is 0. The van der Waals surface area contributed by atoms with Crippen LogP contribution in [-0.2, 0) is 11.3 Å². The van der Waals surface area contributed by atoms with Crippen LogP contribution in [0.3, 0.4) is 0 Å². The molecule has 0 bridgehead atoms. The zero-order valence-corrected chi connectivity index (χ0v) is 17.2. The summed E-state index contributed by atoms with van der Waals surface area (Å²) in [5.74, 6) is 0.675. The summed E-state index contributed by atoms with van der Waals surface area (Å²) in [5.41, 5.74) is 1.07. The van der Waals surface area contributed by atoms with Crippen molar-refractivity contribution in [2.75, 3.05) is 31.9 Å². The van der Waals surface area contributed by atoms with Crippen LogP contribution in [0.25, 0.3) is 10.2 Å². The molecular formula is C20H20ClN3OS2. The molecule has 7 heteroatoms. The maximum Gasteiger partial charge on any atom is 0.233 e. The molecule has 0 unspecified atom stereocenters. The molecule has 0 atom stereocenters. The number of amides is 1. The van der Waals surface area contributed by atoms with E-state index in [2.05, 4.69) is 23.1 Å². The van der Waals surface area contributed by atoms with E-state index < -0.39 is 0 Å². The molecule has 0 radical (unpaired) electrons. The van der Waals surface area contributed by atoms with Gasteiger partial charge in [0.25, 0.3) is 0 Å². The first-order valence-electron chi connectivity index (χ1n) is 8.90. The van der Waals surface area contributed by atoms with Crippen LogP contribution in [0.4, 0.5) is 0 Å². The van der Waals surface area contributed by atoms with Gasteiger partial charge >= 0.3 is 0 Å². The molecule has 4 nitrogen and oxygen atoms in total. The summed E-state index contributed by atoms with van der Waals surface area (Å²) in [5, 5.41) is 1.86. The highest BCUT2D eigenvalue weighted by molar-refractivity contribution is 8.00. The van der Waals surface area contributed by atoms with Crippen molar-refractivity contribution < 1.29 is 4.79 Å². The van der Waals surface area contributed by atoms with Gasteiger partial charge in [0.2, 0.25) is 5.91 Å². The lowest BCUT2D eigenvalue weighted by atomic mass is 10.3. The molecule has 27 heavy (non-hydrogen) atoms. The largest absolute Gasteiger partial charge is 0.339 e. The van der Waals surface area contributed by atoms with Crippen LogP contribution in [0.5, 0.6) is 0 Å². The van der Waals surface area contributed by atoms with Gasteiger partial charge in [0, 0.05) is 36.1 Å². The van der Waals surface area contributed by atoms with E-state index in [0.29, 0.717) is 5.75 Å². The molecule has 0 saturated carbocycles. The monoisotopic (exact) mass is 417 g/mol. The highest BCUT2D eigenvalue weighted by Crippen LogP contribution is 2.24. The Morgan fingerprint density at radius 2 is 1.81 bits per heavy atom. The van der Waals surface area contributed by atoms with Crippen LogP contribution in [-0.4, -0.2) is 52.6 Å². The first-order chi connectivity index (χ1) is 13.2. The Morgan fingerprint density at radius 1 is 1.07 bits per heavy atom. The van der Waals surface area contributed by atoms with E-state index in [9.17, 15) is 4.79 Å². The molecule has 1 aliphatic rings. The Labute approximate surface area is 172 Å².